The van der Waals surface area contributed by atoms with Crippen molar-refractivity contribution in [3.63, 3.8) is 0 Å². The second kappa shape index (κ2) is 2.08. The van der Waals surface area contributed by atoms with Gasteiger partial charge in [-0.15, -0.1) is 0 Å². The number of ether oxygens (including phenoxy) is 1. The van der Waals surface area contributed by atoms with E-state index in [0.29, 0.717) is 0 Å². The van der Waals surface area contributed by atoms with Crippen LogP contribution >= 0.6 is 0 Å². The minimum absolute atomic E-state index is 0.365. The zero-order valence-electron chi connectivity index (χ0n) is 4.30. The highest BCUT2D eigenvalue weighted by Crippen LogP contribution is 2.04. The van der Waals surface area contributed by atoms with Crippen molar-refractivity contribution in [2.75, 3.05) is 6.61 Å². The van der Waals surface area contributed by atoms with Crippen LogP contribution in [-0.2, 0) is 4.74 Å². The molecule has 1 amide bonds. The van der Waals surface area contributed by atoms with Crippen molar-refractivity contribution in [3.8, 4) is 0 Å². The molecule has 50 valence electrons. The average molecular weight is 135 g/mol. The molecular weight excluding hydrogens is 132 g/mol. The fourth-order valence-electron chi connectivity index (χ4n) is 0.429. The van der Waals surface area contributed by atoms with Crippen LogP contribution in [0.15, 0.2) is 4.99 Å². The summed E-state index contributed by atoms with van der Waals surface area (Å²) in [6.07, 6.45) is -3.60. The minimum atomic E-state index is -2.67. The van der Waals surface area contributed by atoms with Gasteiger partial charge in [-0.25, -0.2) is 13.6 Å². The van der Waals surface area contributed by atoms with Gasteiger partial charge in [-0.2, -0.15) is 4.99 Å². The fourth-order valence-corrected chi connectivity index (χ4v) is 0.429. The highest BCUT2D eigenvalue weighted by atomic mass is 19.3. The number of amides is 1. The number of carbonyl (C=O) groups excluding carboxylic acids is 1. The van der Waals surface area contributed by atoms with E-state index in [1.807, 2.05) is 0 Å². The maximum Gasteiger partial charge on any atom is 0.434 e. The maximum atomic E-state index is 11.6. The van der Waals surface area contributed by atoms with Crippen molar-refractivity contribution in [1.29, 1.82) is 0 Å². The molecule has 0 aromatic heterocycles. The molecule has 0 saturated heterocycles. The molecule has 5 heteroatoms. The third-order valence-electron chi connectivity index (χ3n) is 0.830. The first kappa shape index (κ1) is 6.12. The Morgan fingerprint density at radius 3 is 2.56 bits per heavy atom. The number of halogens is 2. The average Bonchev–Trinajstić information content (AvgIpc) is 2.14. The third kappa shape index (κ3) is 1.22. The molecule has 0 spiro atoms. The molecule has 0 bridgehead atoms. The topological polar surface area (TPSA) is 38.7 Å². The van der Waals surface area contributed by atoms with E-state index in [0.717, 1.165) is 0 Å². The van der Waals surface area contributed by atoms with Crippen LogP contribution in [0, 0.1) is 0 Å². The Balaban J connectivity index is 2.62. The Morgan fingerprint density at radius 2 is 2.33 bits per heavy atom. The molecule has 0 aromatic rings. The quantitative estimate of drug-likeness (QED) is 0.534. The van der Waals surface area contributed by atoms with Crippen molar-refractivity contribution in [3.05, 3.63) is 0 Å². The monoisotopic (exact) mass is 135 g/mol. The fraction of sp³-hybridized carbons (Fsp3) is 0.500. The van der Waals surface area contributed by atoms with Crippen LogP contribution < -0.4 is 0 Å². The van der Waals surface area contributed by atoms with Crippen molar-refractivity contribution >= 4 is 11.8 Å². The maximum absolute atomic E-state index is 11.6. The number of hydrogen-bond donors (Lipinski definition) is 0. The van der Waals surface area contributed by atoms with Crippen LogP contribution in [0.1, 0.15) is 0 Å². The largest absolute Gasteiger partial charge is 0.442 e. The third-order valence-corrected chi connectivity index (χ3v) is 0.830. The van der Waals surface area contributed by atoms with E-state index in [9.17, 15) is 13.6 Å². The van der Waals surface area contributed by atoms with E-state index in [-0.39, 0.29) is 6.61 Å². The van der Waals surface area contributed by atoms with Crippen LogP contribution in [0.5, 0.6) is 0 Å². The molecule has 0 fully saturated rings. The SMILES string of the molecule is O=C1N=C(C(F)F)CO1. The zero-order valence-corrected chi connectivity index (χ0v) is 4.30. The Bertz CT molecular complexity index is 166. The first-order chi connectivity index (χ1) is 4.20. The molecule has 0 unspecified atom stereocenters. The standard InChI is InChI=1S/C4H3F2NO2/c5-3(6)2-1-9-4(8)7-2/h3H,1H2. The van der Waals surface area contributed by atoms with E-state index >= 15 is 0 Å². The van der Waals surface area contributed by atoms with Gasteiger partial charge in [0.15, 0.2) is 0 Å². The van der Waals surface area contributed by atoms with Gasteiger partial charge in [0.1, 0.15) is 12.3 Å². The molecule has 1 aliphatic rings. The molecule has 1 rings (SSSR count). The van der Waals surface area contributed by atoms with E-state index < -0.39 is 18.2 Å². The predicted octanol–water partition coefficient (Wildman–Crippen LogP) is 0.843. The molecule has 3 nitrogen and oxygen atoms in total. The first-order valence-corrected chi connectivity index (χ1v) is 2.22. The van der Waals surface area contributed by atoms with Crippen LogP contribution in [-0.4, -0.2) is 24.8 Å². The Labute approximate surface area is 49.3 Å². The molecule has 9 heavy (non-hydrogen) atoms. The summed E-state index contributed by atoms with van der Waals surface area (Å²) in [6.45, 7) is -0.365. The highest BCUT2D eigenvalue weighted by molar-refractivity contribution is 6.00. The van der Waals surface area contributed by atoms with E-state index in [1.165, 1.54) is 0 Å². The number of hydrogen-bond acceptors (Lipinski definition) is 2. The second-order valence-electron chi connectivity index (χ2n) is 1.46. The lowest BCUT2D eigenvalue weighted by molar-refractivity contribution is 0.177. The molecule has 0 N–H and O–H groups in total. The molecule has 0 aliphatic carbocycles. The molecule has 0 aromatic carbocycles. The van der Waals surface area contributed by atoms with Gasteiger partial charge < -0.3 is 4.74 Å². The molecule has 0 radical (unpaired) electrons. The van der Waals surface area contributed by atoms with Gasteiger partial charge in [0.2, 0.25) is 0 Å². The minimum Gasteiger partial charge on any atom is -0.442 e. The highest BCUT2D eigenvalue weighted by Gasteiger charge is 2.22. The summed E-state index contributed by atoms with van der Waals surface area (Å²) in [5.41, 5.74) is -0.486. The first-order valence-electron chi connectivity index (χ1n) is 2.22. The number of alkyl halides is 2. The normalized spacial score (nSPS) is 18.1. The van der Waals surface area contributed by atoms with Crippen LogP contribution in [0.2, 0.25) is 0 Å². The van der Waals surface area contributed by atoms with Gasteiger partial charge >= 0.3 is 6.09 Å². The number of rotatable bonds is 1. The Morgan fingerprint density at radius 1 is 1.67 bits per heavy atom. The van der Waals surface area contributed by atoms with E-state index in [4.69, 9.17) is 0 Å². The summed E-state index contributed by atoms with van der Waals surface area (Å²) in [7, 11) is 0. The molecule has 1 aliphatic heterocycles. The number of cyclic esters (lactones) is 1. The summed E-state index contributed by atoms with van der Waals surface area (Å²) in [6, 6.07) is 0. The van der Waals surface area contributed by atoms with Crippen molar-refractivity contribution in [2.24, 2.45) is 4.99 Å². The van der Waals surface area contributed by atoms with Gasteiger partial charge in [-0.1, -0.05) is 0 Å². The summed E-state index contributed by atoms with van der Waals surface area (Å²) in [5.74, 6) is 0. The van der Waals surface area contributed by atoms with Crippen LogP contribution in [0.25, 0.3) is 0 Å². The van der Waals surface area contributed by atoms with Gasteiger partial charge in [-0.05, 0) is 0 Å². The smallest absolute Gasteiger partial charge is 0.434 e. The zero-order chi connectivity index (χ0) is 6.85. The van der Waals surface area contributed by atoms with Crippen LogP contribution in [0.3, 0.4) is 0 Å². The summed E-state index contributed by atoms with van der Waals surface area (Å²) < 4.78 is 27.2. The predicted molar refractivity (Wildman–Crippen MR) is 24.8 cm³/mol. The lowest BCUT2D eigenvalue weighted by atomic mass is 10.4. The van der Waals surface area contributed by atoms with Crippen molar-refractivity contribution < 1.29 is 18.3 Å². The Hall–Kier alpha value is -1.00. The number of nitrogens with zero attached hydrogens (tertiary/aromatic N) is 1. The van der Waals surface area contributed by atoms with Crippen LogP contribution in [0.4, 0.5) is 13.6 Å². The molecule has 0 atom stereocenters. The van der Waals surface area contributed by atoms with Crippen molar-refractivity contribution in [2.45, 2.75) is 6.43 Å². The second-order valence-corrected chi connectivity index (χ2v) is 1.46. The molecular formula is C4H3F2NO2. The van der Waals surface area contributed by atoms with Crippen molar-refractivity contribution in [1.82, 2.24) is 0 Å². The van der Waals surface area contributed by atoms with Gasteiger partial charge in [0.05, 0.1) is 0 Å². The summed E-state index contributed by atoms with van der Waals surface area (Å²) in [4.78, 5) is 12.9. The van der Waals surface area contributed by atoms with E-state index in [1.54, 1.807) is 0 Å². The van der Waals surface area contributed by atoms with Gasteiger partial charge in [0.25, 0.3) is 6.43 Å². The molecule has 1 heterocycles. The lowest BCUT2D eigenvalue weighted by Gasteiger charge is -1.90. The van der Waals surface area contributed by atoms with E-state index in [2.05, 4.69) is 9.73 Å². The van der Waals surface area contributed by atoms with Gasteiger partial charge in [-0.3, -0.25) is 0 Å². The number of aliphatic imine (C=N–C) groups is 1. The lowest BCUT2D eigenvalue weighted by Crippen LogP contribution is -2.11. The Kier molecular flexibility index (Phi) is 1.42. The molecule has 0 saturated carbocycles. The number of carbonyl (C=O) groups is 1. The summed E-state index contributed by atoms with van der Waals surface area (Å²) >= 11 is 0. The summed E-state index contributed by atoms with van der Waals surface area (Å²) in [5, 5.41) is 0. The van der Waals surface area contributed by atoms with Gasteiger partial charge in [0, 0.05) is 0 Å².